The summed E-state index contributed by atoms with van der Waals surface area (Å²) in [7, 11) is 1.55. The zero-order valence-electron chi connectivity index (χ0n) is 7.37. The molecule has 0 saturated heterocycles. The molecule has 0 atom stereocenters. The maximum absolute atomic E-state index is 10.5. The van der Waals surface area contributed by atoms with Crippen molar-refractivity contribution in [3.63, 3.8) is 0 Å². The van der Waals surface area contributed by atoms with Gasteiger partial charge in [0.15, 0.2) is 0 Å². The molecule has 0 radical (unpaired) electrons. The number of hydrogen-bond acceptors (Lipinski definition) is 5. The molecule has 5 heteroatoms. The topological polar surface area (TPSA) is 92.3 Å². The van der Waals surface area contributed by atoms with E-state index < -0.39 is 11.9 Å². The molecule has 0 saturated carbocycles. The number of hydrogen-bond donors (Lipinski definition) is 1. The zero-order chi connectivity index (χ0) is 10.7. The monoisotopic (exact) mass is 209 g/mol. The van der Waals surface area contributed by atoms with Crippen LogP contribution in [0.25, 0.3) is 0 Å². The molecule has 0 aliphatic heterocycles. The second-order valence-corrected chi connectivity index (χ2v) is 2.62. The second-order valence-electron chi connectivity index (χ2n) is 2.62. The number of carboxylic acids is 2. The highest BCUT2D eigenvalue weighted by Crippen LogP contribution is 2.13. The van der Waals surface area contributed by atoms with E-state index in [1.54, 1.807) is 7.05 Å². The molecule has 5 nitrogen and oxygen atoms in total. The van der Waals surface area contributed by atoms with Crippen LogP contribution in [0.4, 0.5) is 5.69 Å². The Kier molecular flexibility index (Phi) is 4.32. The van der Waals surface area contributed by atoms with E-state index in [1.165, 1.54) is 12.1 Å². The smallest absolute Gasteiger partial charge is 0.0716 e. The fourth-order valence-corrected chi connectivity index (χ4v) is 1.01. The quantitative estimate of drug-likeness (QED) is 0.695. The second kappa shape index (κ2) is 4.99. The largest absolute Gasteiger partial charge is 0.545 e. The standard InChI is InChI=1S/C9H9NO4.CH4/c1-10-7-3-5(8(11)12)2-6(4-7)9(13)14;/h2-4,10H,1H3,(H,11,12)(H,13,14);1H4/p-2. The number of carboxylic acid groups (broad SMARTS) is 2. The molecule has 0 unspecified atom stereocenters. The van der Waals surface area contributed by atoms with E-state index in [2.05, 4.69) is 5.32 Å². The number of nitrogens with one attached hydrogen (secondary N) is 1. The van der Waals surface area contributed by atoms with Crippen molar-refractivity contribution in [1.29, 1.82) is 0 Å². The van der Waals surface area contributed by atoms with Crippen LogP contribution in [0.2, 0.25) is 0 Å². The normalized spacial score (nSPS) is 8.87. The number of aromatic carboxylic acids is 2. The Labute approximate surface area is 87.4 Å². The highest BCUT2D eigenvalue weighted by Gasteiger charge is 2.01. The van der Waals surface area contributed by atoms with Crippen LogP contribution in [0.1, 0.15) is 28.1 Å². The van der Waals surface area contributed by atoms with Crippen LogP contribution in [-0.2, 0) is 0 Å². The number of benzene rings is 1. The summed E-state index contributed by atoms with van der Waals surface area (Å²) in [6.45, 7) is 0. The van der Waals surface area contributed by atoms with Gasteiger partial charge in [-0.2, -0.15) is 0 Å². The van der Waals surface area contributed by atoms with Gasteiger partial charge in [-0.1, -0.05) is 7.43 Å². The number of carbonyl (C=O) groups excluding carboxylic acids is 2. The summed E-state index contributed by atoms with van der Waals surface area (Å²) in [5.41, 5.74) is -0.0157. The van der Waals surface area contributed by atoms with Gasteiger partial charge in [-0.3, -0.25) is 0 Å². The lowest BCUT2D eigenvalue weighted by molar-refractivity contribution is -0.255. The third-order valence-corrected chi connectivity index (χ3v) is 1.69. The highest BCUT2D eigenvalue weighted by atomic mass is 16.4. The molecule has 82 valence electrons. The average Bonchev–Trinajstić information content (AvgIpc) is 2.16. The fraction of sp³-hybridized carbons (Fsp3) is 0.200. The minimum absolute atomic E-state index is 0. The number of anilines is 1. The molecule has 0 aliphatic rings. The van der Waals surface area contributed by atoms with Crippen molar-refractivity contribution >= 4 is 17.6 Å². The Morgan fingerprint density at radius 1 is 1.07 bits per heavy atom. The molecule has 0 fully saturated rings. The molecule has 1 rings (SSSR count). The first-order valence-electron chi connectivity index (χ1n) is 3.80. The minimum atomic E-state index is -1.43. The summed E-state index contributed by atoms with van der Waals surface area (Å²) in [6.07, 6.45) is 0. The van der Waals surface area contributed by atoms with Gasteiger partial charge >= 0.3 is 0 Å². The van der Waals surface area contributed by atoms with Crippen molar-refractivity contribution < 1.29 is 19.8 Å². The highest BCUT2D eigenvalue weighted by molar-refractivity contribution is 5.93. The third kappa shape index (κ3) is 2.98. The minimum Gasteiger partial charge on any atom is -0.545 e. The number of carbonyl (C=O) groups is 2. The number of rotatable bonds is 3. The summed E-state index contributed by atoms with van der Waals surface area (Å²) >= 11 is 0. The van der Waals surface area contributed by atoms with E-state index in [4.69, 9.17) is 0 Å². The molecule has 0 spiro atoms. The molecule has 1 N–H and O–H groups in total. The molecule has 0 aliphatic carbocycles. The maximum Gasteiger partial charge on any atom is 0.0716 e. The Balaban J connectivity index is 0.00000196. The Bertz CT molecular complexity index is 355. The Morgan fingerprint density at radius 2 is 1.47 bits per heavy atom. The zero-order valence-corrected chi connectivity index (χ0v) is 7.37. The molecule has 0 amide bonds. The van der Waals surface area contributed by atoms with Gasteiger partial charge in [0.1, 0.15) is 0 Å². The van der Waals surface area contributed by atoms with Crippen molar-refractivity contribution in [2.24, 2.45) is 0 Å². The van der Waals surface area contributed by atoms with E-state index in [9.17, 15) is 19.8 Å². The lowest BCUT2D eigenvalue weighted by Gasteiger charge is -2.10. The maximum atomic E-state index is 10.5. The van der Waals surface area contributed by atoms with E-state index in [0.717, 1.165) is 6.07 Å². The van der Waals surface area contributed by atoms with Crippen LogP contribution < -0.4 is 15.5 Å². The van der Waals surface area contributed by atoms with Gasteiger partial charge in [0.25, 0.3) is 0 Å². The van der Waals surface area contributed by atoms with Crippen molar-refractivity contribution in [3.8, 4) is 0 Å². The van der Waals surface area contributed by atoms with Gasteiger partial charge in [0.05, 0.1) is 11.9 Å². The molecule has 0 bridgehead atoms. The van der Waals surface area contributed by atoms with Crippen LogP contribution in [-0.4, -0.2) is 19.0 Å². The average molecular weight is 209 g/mol. The van der Waals surface area contributed by atoms with Crippen LogP contribution in [0.5, 0.6) is 0 Å². The van der Waals surface area contributed by atoms with Gasteiger partial charge in [0, 0.05) is 12.7 Å². The first-order chi connectivity index (χ1) is 6.54. The summed E-state index contributed by atoms with van der Waals surface area (Å²) in [5.74, 6) is -2.85. The molecular weight excluding hydrogens is 198 g/mol. The van der Waals surface area contributed by atoms with Gasteiger partial charge in [0.2, 0.25) is 0 Å². The Morgan fingerprint density at radius 3 is 1.73 bits per heavy atom. The predicted octanol–water partition coefficient (Wildman–Crippen LogP) is -0.909. The summed E-state index contributed by atoms with van der Waals surface area (Å²) in [4.78, 5) is 21.0. The van der Waals surface area contributed by atoms with Crippen molar-refractivity contribution in [3.05, 3.63) is 29.3 Å². The third-order valence-electron chi connectivity index (χ3n) is 1.69. The summed E-state index contributed by atoms with van der Waals surface area (Å²) in [6, 6.07) is 3.55. The van der Waals surface area contributed by atoms with Crippen LogP contribution in [0.3, 0.4) is 0 Å². The fourth-order valence-electron chi connectivity index (χ4n) is 1.01. The van der Waals surface area contributed by atoms with Gasteiger partial charge in [-0.05, 0) is 29.3 Å². The summed E-state index contributed by atoms with van der Waals surface area (Å²) in [5, 5.41) is 23.6. The molecule has 1 aromatic rings. The molecule has 15 heavy (non-hydrogen) atoms. The lowest BCUT2D eigenvalue weighted by Crippen LogP contribution is -2.25. The van der Waals surface area contributed by atoms with E-state index >= 15 is 0 Å². The Hall–Kier alpha value is -2.04. The molecule has 1 aromatic carbocycles. The van der Waals surface area contributed by atoms with E-state index in [1.807, 2.05) is 0 Å². The lowest BCUT2D eigenvalue weighted by atomic mass is 10.1. The molecule has 0 heterocycles. The first kappa shape index (κ1) is 13.0. The van der Waals surface area contributed by atoms with Gasteiger partial charge in [-0.15, -0.1) is 0 Å². The van der Waals surface area contributed by atoms with Gasteiger partial charge < -0.3 is 25.1 Å². The van der Waals surface area contributed by atoms with E-state index in [-0.39, 0.29) is 18.6 Å². The van der Waals surface area contributed by atoms with Crippen molar-refractivity contribution in [1.82, 2.24) is 0 Å². The molecule has 0 aromatic heterocycles. The van der Waals surface area contributed by atoms with Crippen LogP contribution in [0.15, 0.2) is 18.2 Å². The first-order valence-corrected chi connectivity index (χ1v) is 3.80. The van der Waals surface area contributed by atoms with Crippen molar-refractivity contribution in [2.75, 3.05) is 12.4 Å². The predicted molar refractivity (Wildman–Crippen MR) is 51.4 cm³/mol. The van der Waals surface area contributed by atoms with Crippen molar-refractivity contribution in [2.45, 2.75) is 7.43 Å². The van der Waals surface area contributed by atoms with E-state index in [0.29, 0.717) is 5.69 Å². The molecular formula is C10H11NO4-2. The van der Waals surface area contributed by atoms with Crippen LogP contribution >= 0.6 is 0 Å². The summed E-state index contributed by atoms with van der Waals surface area (Å²) < 4.78 is 0. The van der Waals surface area contributed by atoms with Gasteiger partial charge in [-0.25, -0.2) is 0 Å². The van der Waals surface area contributed by atoms with Crippen LogP contribution in [0, 0.1) is 0 Å². The SMILES string of the molecule is C.CNc1cc(C(=O)[O-])cc(C(=O)[O-])c1.